The number of nitrogens with one attached hydrogen (secondary N) is 1. The van der Waals surface area contributed by atoms with Gasteiger partial charge in [-0.1, -0.05) is 42.5 Å². The van der Waals surface area contributed by atoms with Crippen LogP contribution >= 0.6 is 0 Å². The average molecular weight is 613 g/mol. The maximum absolute atomic E-state index is 14.2. The standard InChI is InChI=1S/C30H36N4O8S/c1-21(2)31-30(36)27(17-22-10-7-6-8-11-22)32(19-23-12-9-13-25(16-23)41-3)29(35)20-33(43(5,39)40)26-18-24(34(37)38)14-15-28(26)42-4/h6-16,18,21,27H,17,19-20H2,1-5H3,(H,31,36). The van der Waals surface area contributed by atoms with Crippen LogP contribution < -0.4 is 19.1 Å². The maximum atomic E-state index is 14.2. The fraction of sp³-hybridized carbons (Fsp3) is 0.333. The van der Waals surface area contributed by atoms with E-state index >= 15 is 0 Å². The number of non-ortho nitro benzene ring substituents is 1. The van der Waals surface area contributed by atoms with Gasteiger partial charge in [-0.2, -0.15) is 0 Å². The van der Waals surface area contributed by atoms with Gasteiger partial charge in [-0.05, 0) is 43.2 Å². The highest BCUT2D eigenvalue weighted by Gasteiger charge is 2.34. The van der Waals surface area contributed by atoms with E-state index in [1.165, 1.54) is 31.3 Å². The van der Waals surface area contributed by atoms with Crippen molar-refractivity contribution in [3.63, 3.8) is 0 Å². The monoisotopic (exact) mass is 612 g/mol. The van der Waals surface area contributed by atoms with Gasteiger partial charge in [0, 0.05) is 31.1 Å². The topological polar surface area (TPSA) is 148 Å². The number of benzene rings is 3. The Morgan fingerprint density at radius 3 is 2.21 bits per heavy atom. The van der Waals surface area contributed by atoms with Gasteiger partial charge in [-0.3, -0.25) is 24.0 Å². The Labute approximate surface area is 251 Å². The summed E-state index contributed by atoms with van der Waals surface area (Å²) in [4.78, 5) is 40.0. The molecule has 43 heavy (non-hydrogen) atoms. The fourth-order valence-corrected chi connectivity index (χ4v) is 5.33. The van der Waals surface area contributed by atoms with Crippen LogP contribution in [0.1, 0.15) is 25.0 Å². The highest BCUT2D eigenvalue weighted by molar-refractivity contribution is 7.92. The molecule has 0 saturated carbocycles. The first-order chi connectivity index (χ1) is 20.3. The summed E-state index contributed by atoms with van der Waals surface area (Å²) in [5, 5.41) is 14.4. The molecular formula is C30H36N4O8S. The molecule has 0 aromatic heterocycles. The molecule has 0 fully saturated rings. The number of ether oxygens (including phenoxy) is 2. The van der Waals surface area contributed by atoms with Crippen molar-refractivity contribution in [2.45, 2.75) is 38.9 Å². The summed E-state index contributed by atoms with van der Waals surface area (Å²) >= 11 is 0. The molecule has 0 aliphatic rings. The highest BCUT2D eigenvalue weighted by atomic mass is 32.2. The summed E-state index contributed by atoms with van der Waals surface area (Å²) in [6.45, 7) is 2.79. The number of nitrogens with zero attached hydrogens (tertiary/aromatic N) is 3. The average Bonchev–Trinajstić information content (AvgIpc) is 2.96. The number of amides is 2. The molecule has 230 valence electrons. The molecule has 13 heteroatoms. The lowest BCUT2D eigenvalue weighted by Gasteiger charge is -2.34. The van der Waals surface area contributed by atoms with E-state index in [0.717, 1.165) is 22.2 Å². The number of nitro groups is 1. The van der Waals surface area contributed by atoms with E-state index in [9.17, 15) is 28.1 Å². The molecule has 3 aromatic carbocycles. The number of hydrogen-bond acceptors (Lipinski definition) is 8. The van der Waals surface area contributed by atoms with Crippen LogP contribution in [0.25, 0.3) is 0 Å². The second kappa shape index (κ2) is 14.5. The normalized spacial score (nSPS) is 11.9. The van der Waals surface area contributed by atoms with Crippen molar-refractivity contribution in [1.82, 2.24) is 10.2 Å². The summed E-state index contributed by atoms with van der Waals surface area (Å²) in [7, 11) is -1.37. The molecule has 1 unspecified atom stereocenters. The first kappa shape index (κ1) is 32.9. The summed E-state index contributed by atoms with van der Waals surface area (Å²) < 4.78 is 37.5. The number of methoxy groups -OCH3 is 2. The van der Waals surface area contributed by atoms with Crippen molar-refractivity contribution in [2.24, 2.45) is 0 Å². The third kappa shape index (κ3) is 8.92. The van der Waals surface area contributed by atoms with Crippen molar-refractivity contribution >= 4 is 33.2 Å². The molecule has 0 heterocycles. The zero-order chi connectivity index (χ0) is 31.7. The predicted octanol–water partition coefficient (Wildman–Crippen LogP) is 3.54. The molecule has 0 radical (unpaired) electrons. The Bertz CT molecular complexity index is 1550. The number of anilines is 1. The van der Waals surface area contributed by atoms with Crippen LogP contribution in [0.15, 0.2) is 72.8 Å². The minimum absolute atomic E-state index is 0.0153. The van der Waals surface area contributed by atoms with Crippen molar-refractivity contribution in [3.05, 3.63) is 94.0 Å². The maximum Gasteiger partial charge on any atom is 0.271 e. The molecule has 12 nitrogen and oxygen atoms in total. The Morgan fingerprint density at radius 1 is 0.953 bits per heavy atom. The lowest BCUT2D eigenvalue weighted by atomic mass is 10.0. The van der Waals surface area contributed by atoms with Gasteiger partial charge in [-0.25, -0.2) is 8.42 Å². The Hall–Kier alpha value is -4.65. The molecule has 1 atom stereocenters. The number of nitro benzene ring substituents is 1. The molecule has 0 saturated heterocycles. The molecule has 0 aliphatic heterocycles. The van der Waals surface area contributed by atoms with Gasteiger partial charge in [0.2, 0.25) is 21.8 Å². The second-order valence-corrected chi connectivity index (χ2v) is 12.0. The van der Waals surface area contributed by atoms with E-state index in [1.54, 1.807) is 38.1 Å². The lowest BCUT2D eigenvalue weighted by Crippen LogP contribution is -2.54. The van der Waals surface area contributed by atoms with Gasteiger partial charge in [-0.15, -0.1) is 0 Å². The van der Waals surface area contributed by atoms with Gasteiger partial charge in [0.1, 0.15) is 29.8 Å². The van der Waals surface area contributed by atoms with E-state index in [0.29, 0.717) is 11.3 Å². The van der Waals surface area contributed by atoms with Gasteiger partial charge in [0.25, 0.3) is 5.69 Å². The number of rotatable bonds is 14. The summed E-state index contributed by atoms with van der Waals surface area (Å²) in [5.74, 6) is -0.577. The Kier molecular flexibility index (Phi) is 11.1. The zero-order valence-corrected chi connectivity index (χ0v) is 25.5. The molecule has 3 rings (SSSR count). The van der Waals surface area contributed by atoms with Crippen molar-refractivity contribution in [2.75, 3.05) is 31.3 Å². The Morgan fingerprint density at radius 2 is 1.63 bits per heavy atom. The molecule has 0 spiro atoms. The van der Waals surface area contributed by atoms with Crippen LogP contribution in [0.2, 0.25) is 0 Å². The van der Waals surface area contributed by atoms with Crippen LogP contribution in [0.3, 0.4) is 0 Å². The molecule has 1 N–H and O–H groups in total. The van der Waals surface area contributed by atoms with Crippen LogP contribution in [0.4, 0.5) is 11.4 Å². The second-order valence-electron chi connectivity index (χ2n) is 10.1. The van der Waals surface area contributed by atoms with Gasteiger partial charge in [0.05, 0.1) is 25.4 Å². The van der Waals surface area contributed by atoms with E-state index in [1.807, 2.05) is 30.3 Å². The summed E-state index contributed by atoms with van der Waals surface area (Å²) in [6, 6.07) is 18.3. The molecular weight excluding hydrogens is 576 g/mol. The number of sulfonamides is 1. The predicted molar refractivity (Wildman–Crippen MR) is 163 cm³/mol. The number of carbonyl (C=O) groups excluding carboxylic acids is 2. The number of carbonyl (C=O) groups is 2. The van der Waals surface area contributed by atoms with E-state index in [2.05, 4.69) is 5.32 Å². The summed E-state index contributed by atoms with van der Waals surface area (Å²) in [5.41, 5.74) is 0.862. The van der Waals surface area contributed by atoms with E-state index in [4.69, 9.17) is 9.47 Å². The van der Waals surface area contributed by atoms with Crippen LogP contribution in [0.5, 0.6) is 11.5 Å². The smallest absolute Gasteiger partial charge is 0.271 e. The molecule has 0 aliphatic carbocycles. The largest absolute Gasteiger partial charge is 0.497 e. The fourth-order valence-electron chi connectivity index (χ4n) is 4.48. The third-order valence-corrected chi connectivity index (χ3v) is 7.64. The van der Waals surface area contributed by atoms with Gasteiger partial charge < -0.3 is 19.7 Å². The quantitative estimate of drug-likeness (QED) is 0.215. The number of hydrogen-bond donors (Lipinski definition) is 1. The SMILES string of the molecule is COc1cccc(CN(C(=O)CN(c2cc([N+](=O)[O-])ccc2OC)S(C)(=O)=O)C(Cc2ccccc2)C(=O)NC(C)C)c1. The van der Waals surface area contributed by atoms with Crippen molar-refractivity contribution in [1.29, 1.82) is 0 Å². The van der Waals surface area contributed by atoms with Crippen LogP contribution in [0, 0.1) is 10.1 Å². The van der Waals surface area contributed by atoms with Gasteiger partial charge in [0.15, 0.2) is 0 Å². The first-order valence-electron chi connectivity index (χ1n) is 13.4. The molecule has 2 amide bonds. The minimum Gasteiger partial charge on any atom is -0.497 e. The Balaban J connectivity index is 2.14. The molecule has 3 aromatic rings. The van der Waals surface area contributed by atoms with Crippen LogP contribution in [-0.4, -0.2) is 69.2 Å². The van der Waals surface area contributed by atoms with E-state index in [-0.39, 0.29) is 36.1 Å². The third-order valence-electron chi connectivity index (χ3n) is 6.51. The molecule has 0 bridgehead atoms. The highest BCUT2D eigenvalue weighted by Crippen LogP contribution is 2.34. The van der Waals surface area contributed by atoms with Crippen molar-refractivity contribution in [3.8, 4) is 11.5 Å². The van der Waals surface area contributed by atoms with Gasteiger partial charge >= 0.3 is 0 Å². The summed E-state index contributed by atoms with van der Waals surface area (Å²) in [6.07, 6.45) is 1.03. The van der Waals surface area contributed by atoms with Crippen LogP contribution in [-0.2, 0) is 32.6 Å². The van der Waals surface area contributed by atoms with E-state index < -0.39 is 39.3 Å². The zero-order valence-electron chi connectivity index (χ0n) is 24.7. The minimum atomic E-state index is -4.17. The van der Waals surface area contributed by atoms with Crippen molar-refractivity contribution < 1.29 is 32.4 Å². The first-order valence-corrected chi connectivity index (χ1v) is 15.3. The lowest BCUT2D eigenvalue weighted by molar-refractivity contribution is -0.384.